The smallest absolute Gasteiger partial charge is 0.410 e. The molecule has 2 saturated heterocycles. The Hall–Kier alpha value is -3.22. The van der Waals surface area contributed by atoms with Crippen LogP contribution in [-0.4, -0.2) is 58.6 Å². The fourth-order valence-corrected chi connectivity index (χ4v) is 5.98. The maximum atomic E-state index is 13.0. The molecule has 3 heterocycles. The highest BCUT2D eigenvalue weighted by Gasteiger charge is 2.47. The van der Waals surface area contributed by atoms with Crippen LogP contribution in [0.2, 0.25) is 0 Å². The largest absolute Gasteiger partial charge is 0.453 e. The number of rotatable bonds is 4. The fourth-order valence-electron chi connectivity index (χ4n) is 5.98. The Labute approximate surface area is 214 Å². The Bertz CT molecular complexity index is 1140. The molecule has 192 valence electrons. The van der Waals surface area contributed by atoms with E-state index in [9.17, 15) is 9.59 Å². The van der Waals surface area contributed by atoms with Gasteiger partial charge in [0.05, 0.1) is 11.4 Å². The number of hydrogen-bond donors (Lipinski definition) is 0. The number of benzene rings is 2. The predicted octanol–water partition coefficient (Wildman–Crippen LogP) is 6.34. The van der Waals surface area contributed by atoms with Gasteiger partial charge in [0.25, 0.3) is 5.91 Å². The minimum atomic E-state index is -0.504. The normalized spacial score (nSPS) is 22.4. The van der Waals surface area contributed by atoms with Crippen LogP contribution >= 0.6 is 0 Å². The number of anilines is 2. The molecule has 7 heteroatoms. The topological polar surface area (TPSA) is 62.3 Å². The SMILES string of the molecule is CCN(CC)C(=O)c1ccc2c(c1)Oc1ccccc1N2[C@H]1C[C@H]2CC[C@@H](C1)N2C(=O)OC(C)(C)C. The number of ether oxygens (including phenoxy) is 2. The molecule has 0 N–H and O–H groups in total. The van der Waals surface area contributed by atoms with Gasteiger partial charge in [-0.2, -0.15) is 0 Å². The van der Waals surface area contributed by atoms with Crippen molar-refractivity contribution in [1.29, 1.82) is 0 Å². The van der Waals surface area contributed by atoms with E-state index in [-0.39, 0.29) is 30.1 Å². The highest BCUT2D eigenvalue weighted by atomic mass is 16.6. The Morgan fingerprint density at radius 2 is 1.58 bits per heavy atom. The van der Waals surface area contributed by atoms with E-state index in [4.69, 9.17) is 9.47 Å². The van der Waals surface area contributed by atoms with Crippen molar-refractivity contribution in [3.63, 3.8) is 0 Å². The Kier molecular flexibility index (Phi) is 6.35. The molecule has 2 aromatic rings. The molecule has 0 aliphatic carbocycles. The molecule has 0 radical (unpaired) electrons. The Morgan fingerprint density at radius 1 is 0.944 bits per heavy atom. The first kappa shape index (κ1) is 24.5. The van der Waals surface area contributed by atoms with Crippen LogP contribution in [0.5, 0.6) is 11.5 Å². The zero-order valence-corrected chi connectivity index (χ0v) is 22.0. The van der Waals surface area contributed by atoms with Gasteiger partial charge in [-0.3, -0.25) is 4.79 Å². The van der Waals surface area contributed by atoms with E-state index in [1.807, 2.05) is 80.8 Å². The standard InChI is InChI=1S/C29H37N3O4/c1-6-30(7-2)27(33)19-12-15-24-26(16-19)35-25-11-9-8-10-23(25)32(24)22-17-20-13-14-21(18-22)31(20)28(34)36-29(3,4)5/h8-12,15-16,20-22H,6-7,13-14,17-18H2,1-5H3/t20-,21+,22+. The van der Waals surface area contributed by atoms with Crippen molar-refractivity contribution in [2.75, 3.05) is 18.0 Å². The molecule has 2 aromatic carbocycles. The average Bonchev–Trinajstić information content (AvgIpc) is 3.11. The zero-order chi connectivity index (χ0) is 25.6. The van der Waals surface area contributed by atoms with Gasteiger partial charge in [-0.05, 0) is 90.6 Å². The van der Waals surface area contributed by atoms with Gasteiger partial charge in [0.1, 0.15) is 5.60 Å². The molecule has 3 aliphatic heterocycles. The lowest BCUT2D eigenvalue weighted by Gasteiger charge is -2.45. The molecule has 7 nitrogen and oxygen atoms in total. The molecule has 0 unspecified atom stereocenters. The third-order valence-electron chi connectivity index (χ3n) is 7.54. The lowest BCUT2D eigenvalue weighted by molar-refractivity contribution is 0.00612. The number of carbonyl (C=O) groups is 2. The maximum Gasteiger partial charge on any atom is 0.410 e. The van der Waals surface area contributed by atoms with Crippen LogP contribution in [0.3, 0.4) is 0 Å². The molecular weight excluding hydrogens is 454 g/mol. The predicted molar refractivity (Wildman–Crippen MR) is 140 cm³/mol. The molecule has 3 aliphatic rings. The second-order valence-corrected chi connectivity index (χ2v) is 11.0. The van der Waals surface area contributed by atoms with E-state index in [0.717, 1.165) is 42.8 Å². The van der Waals surface area contributed by atoms with Crippen LogP contribution in [0, 0.1) is 0 Å². The summed E-state index contributed by atoms with van der Waals surface area (Å²) < 4.78 is 12.1. The number of piperidine rings is 1. The summed E-state index contributed by atoms with van der Waals surface area (Å²) in [5.74, 6) is 1.51. The van der Waals surface area contributed by atoms with Crippen LogP contribution in [0.4, 0.5) is 16.2 Å². The van der Waals surface area contributed by atoms with Gasteiger partial charge >= 0.3 is 6.09 Å². The quantitative estimate of drug-likeness (QED) is 0.499. The molecule has 2 fully saturated rings. The van der Waals surface area contributed by atoms with Crippen molar-refractivity contribution in [2.45, 2.75) is 84.0 Å². The number of para-hydroxylation sites is 2. The van der Waals surface area contributed by atoms with Crippen LogP contribution in [0.25, 0.3) is 0 Å². The molecule has 2 bridgehead atoms. The summed E-state index contributed by atoms with van der Waals surface area (Å²) in [7, 11) is 0. The summed E-state index contributed by atoms with van der Waals surface area (Å²) in [5, 5.41) is 0. The van der Waals surface area contributed by atoms with Gasteiger partial charge in [-0.1, -0.05) is 12.1 Å². The lowest BCUT2D eigenvalue weighted by Crippen LogP contribution is -2.53. The van der Waals surface area contributed by atoms with Gasteiger partial charge in [0.15, 0.2) is 11.5 Å². The van der Waals surface area contributed by atoms with E-state index in [0.29, 0.717) is 24.4 Å². The zero-order valence-electron chi connectivity index (χ0n) is 22.0. The number of amides is 2. The molecule has 3 atom stereocenters. The second-order valence-electron chi connectivity index (χ2n) is 11.0. The number of hydrogen-bond acceptors (Lipinski definition) is 5. The van der Waals surface area contributed by atoms with Gasteiger partial charge in [-0.25, -0.2) is 4.79 Å². The van der Waals surface area contributed by atoms with E-state index in [1.165, 1.54) is 0 Å². The molecule has 0 spiro atoms. The van der Waals surface area contributed by atoms with E-state index < -0.39 is 5.60 Å². The Balaban J connectivity index is 1.46. The second kappa shape index (κ2) is 9.34. The van der Waals surface area contributed by atoms with E-state index in [2.05, 4.69) is 11.0 Å². The fraction of sp³-hybridized carbons (Fsp3) is 0.517. The van der Waals surface area contributed by atoms with Gasteiger partial charge in [0.2, 0.25) is 0 Å². The van der Waals surface area contributed by atoms with Crippen LogP contribution < -0.4 is 9.64 Å². The highest BCUT2D eigenvalue weighted by Crippen LogP contribution is 2.51. The number of fused-ring (bicyclic) bond motifs is 4. The van der Waals surface area contributed by atoms with Crippen LogP contribution in [0.1, 0.15) is 70.7 Å². The van der Waals surface area contributed by atoms with Gasteiger partial charge in [0, 0.05) is 36.8 Å². The van der Waals surface area contributed by atoms with Gasteiger partial charge < -0.3 is 24.2 Å². The number of carbonyl (C=O) groups excluding carboxylic acids is 2. The third-order valence-corrected chi connectivity index (χ3v) is 7.54. The molecule has 2 amide bonds. The van der Waals surface area contributed by atoms with Crippen molar-refractivity contribution in [2.24, 2.45) is 0 Å². The summed E-state index contributed by atoms with van der Waals surface area (Å²) in [6.07, 6.45) is 3.52. The summed E-state index contributed by atoms with van der Waals surface area (Å²) in [6, 6.07) is 14.4. The van der Waals surface area contributed by atoms with Crippen molar-refractivity contribution in [3.05, 3.63) is 48.0 Å². The lowest BCUT2D eigenvalue weighted by atomic mass is 9.94. The summed E-state index contributed by atoms with van der Waals surface area (Å²) in [5.41, 5.74) is 2.13. The maximum absolute atomic E-state index is 13.0. The summed E-state index contributed by atoms with van der Waals surface area (Å²) >= 11 is 0. The van der Waals surface area contributed by atoms with Crippen molar-refractivity contribution >= 4 is 23.4 Å². The van der Waals surface area contributed by atoms with Crippen molar-refractivity contribution in [1.82, 2.24) is 9.80 Å². The summed E-state index contributed by atoms with van der Waals surface area (Å²) in [4.78, 5) is 32.2. The minimum absolute atomic E-state index is 0.0144. The minimum Gasteiger partial charge on any atom is -0.453 e. The van der Waals surface area contributed by atoms with Crippen LogP contribution in [0.15, 0.2) is 42.5 Å². The molecule has 0 saturated carbocycles. The first-order valence-corrected chi connectivity index (χ1v) is 13.2. The molecular formula is C29H37N3O4. The average molecular weight is 492 g/mol. The molecule has 36 heavy (non-hydrogen) atoms. The Morgan fingerprint density at radius 3 is 2.22 bits per heavy atom. The number of nitrogens with zero attached hydrogens (tertiary/aromatic N) is 3. The molecule has 5 rings (SSSR count). The highest BCUT2D eigenvalue weighted by molar-refractivity contribution is 5.96. The summed E-state index contributed by atoms with van der Waals surface area (Å²) in [6.45, 7) is 11.1. The molecule has 0 aromatic heterocycles. The van der Waals surface area contributed by atoms with Crippen LogP contribution in [-0.2, 0) is 4.74 Å². The van der Waals surface area contributed by atoms with Gasteiger partial charge in [-0.15, -0.1) is 0 Å². The van der Waals surface area contributed by atoms with Crippen molar-refractivity contribution in [3.8, 4) is 11.5 Å². The van der Waals surface area contributed by atoms with E-state index in [1.54, 1.807) is 0 Å². The monoisotopic (exact) mass is 491 g/mol. The first-order chi connectivity index (χ1) is 17.2. The van der Waals surface area contributed by atoms with E-state index >= 15 is 0 Å². The first-order valence-electron chi connectivity index (χ1n) is 13.2. The van der Waals surface area contributed by atoms with Crippen molar-refractivity contribution < 1.29 is 19.1 Å². The third kappa shape index (κ3) is 4.40.